The number of methoxy groups -OCH3 is 1. The fourth-order valence-corrected chi connectivity index (χ4v) is 3.90. The van der Waals surface area contributed by atoms with Crippen molar-refractivity contribution in [3.8, 4) is 0 Å². The average molecular weight is 394 g/mol. The number of aryl methyl sites for hydroxylation is 1. The summed E-state index contributed by atoms with van der Waals surface area (Å²) in [5.41, 5.74) is 4.09. The van der Waals surface area contributed by atoms with Gasteiger partial charge in [0, 0.05) is 31.6 Å². The van der Waals surface area contributed by atoms with E-state index in [1.54, 1.807) is 6.92 Å². The minimum absolute atomic E-state index is 0.0552. The number of nitrogens with one attached hydrogen (secondary N) is 1. The molecule has 2 aromatic rings. The summed E-state index contributed by atoms with van der Waals surface area (Å²) < 4.78 is 44.9. The second-order valence-electron chi connectivity index (χ2n) is 5.73. The lowest BCUT2D eigenvalue weighted by Gasteiger charge is -2.13. The monoisotopic (exact) mass is 394 g/mol. The Morgan fingerprint density at radius 1 is 1.27 bits per heavy atom. The number of hydrogen-bond acceptors (Lipinski definition) is 6. The smallest absolute Gasteiger partial charge is 0.383 e. The van der Waals surface area contributed by atoms with Gasteiger partial charge >= 0.3 is 11.9 Å². The molecule has 2 heterocycles. The van der Waals surface area contributed by atoms with E-state index >= 15 is 0 Å². The number of nitrogens with zero attached hydrogens (tertiary/aromatic N) is 2. The molecule has 11 heteroatoms. The Hall–Kier alpha value is -1.69. The molecule has 0 amide bonds. The molecule has 2 rings (SSSR count). The van der Waals surface area contributed by atoms with E-state index in [0.717, 1.165) is 4.88 Å². The first-order chi connectivity index (χ1) is 12.2. The standard InChI is InChI=1S/C15H21F3N4O3S/c1-9-10(7-20-4-3-19)26-13-11(9)12(23)22(8-15(16,17)18)14(24)21(13)5-6-25-2/h20H,3-8,19H2,1-2H3. The van der Waals surface area contributed by atoms with Gasteiger partial charge in [0.05, 0.1) is 18.5 Å². The van der Waals surface area contributed by atoms with E-state index in [0.29, 0.717) is 30.0 Å². The maximum Gasteiger partial charge on any atom is 0.406 e. The minimum Gasteiger partial charge on any atom is -0.383 e. The van der Waals surface area contributed by atoms with Crippen LogP contribution in [0.3, 0.4) is 0 Å². The Kier molecular flexibility index (Phi) is 6.61. The van der Waals surface area contributed by atoms with Gasteiger partial charge in [-0.15, -0.1) is 11.3 Å². The second-order valence-corrected chi connectivity index (χ2v) is 6.81. The van der Waals surface area contributed by atoms with E-state index in [1.807, 2.05) is 0 Å². The van der Waals surface area contributed by atoms with Crippen molar-refractivity contribution in [3.05, 3.63) is 31.3 Å². The first-order valence-electron chi connectivity index (χ1n) is 7.93. The highest BCUT2D eigenvalue weighted by Crippen LogP contribution is 2.28. The zero-order valence-electron chi connectivity index (χ0n) is 14.5. The molecule has 0 aromatic carbocycles. The molecule has 0 radical (unpaired) electrons. The van der Waals surface area contributed by atoms with Gasteiger partial charge in [-0.3, -0.25) is 13.9 Å². The van der Waals surface area contributed by atoms with Crippen molar-refractivity contribution in [2.24, 2.45) is 5.73 Å². The van der Waals surface area contributed by atoms with Gasteiger partial charge in [-0.05, 0) is 12.5 Å². The number of hydrogen-bond donors (Lipinski definition) is 2. The molecule has 146 valence electrons. The summed E-state index contributed by atoms with van der Waals surface area (Å²) in [4.78, 5) is 26.3. The first-order valence-corrected chi connectivity index (χ1v) is 8.75. The van der Waals surface area contributed by atoms with Crippen LogP contribution in [-0.2, 0) is 24.4 Å². The van der Waals surface area contributed by atoms with Gasteiger partial charge < -0.3 is 15.8 Å². The molecule has 3 N–H and O–H groups in total. The molecule has 26 heavy (non-hydrogen) atoms. The van der Waals surface area contributed by atoms with Crippen molar-refractivity contribution in [2.45, 2.75) is 32.7 Å². The molecule has 0 aliphatic heterocycles. The van der Waals surface area contributed by atoms with E-state index in [9.17, 15) is 22.8 Å². The summed E-state index contributed by atoms with van der Waals surface area (Å²) in [6.45, 7) is 1.64. The Balaban J connectivity index is 2.69. The van der Waals surface area contributed by atoms with E-state index in [-0.39, 0.29) is 23.1 Å². The van der Waals surface area contributed by atoms with Crippen LogP contribution in [0.15, 0.2) is 9.59 Å². The maximum atomic E-state index is 12.8. The molecular formula is C15H21F3N4O3S. The summed E-state index contributed by atoms with van der Waals surface area (Å²) in [6, 6.07) is 0. The number of alkyl halides is 3. The number of fused-ring (bicyclic) bond motifs is 1. The minimum atomic E-state index is -4.68. The highest BCUT2D eigenvalue weighted by molar-refractivity contribution is 7.18. The van der Waals surface area contributed by atoms with E-state index in [2.05, 4.69) is 5.32 Å². The van der Waals surface area contributed by atoms with Crippen molar-refractivity contribution >= 4 is 21.6 Å². The summed E-state index contributed by atoms with van der Waals surface area (Å²) in [6.07, 6.45) is -4.68. The predicted octanol–water partition coefficient (Wildman–Crippen LogP) is 0.790. The molecule has 0 atom stereocenters. The molecule has 0 aliphatic rings. The van der Waals surface area contributed by atoms with Crippen LogP contribution in [0.1, 0.15) is 10.4 Å². The molecule has 7 nitrogen and oxygen atoms in total. The van der Waals surface area contributed by atoms with Gasteiger partial charge in [-0.25, -0.2) is 4.79 Å². The topological polar surface area (TPSA) is 91.3 Å². The molecule has 0 unspecified atom stereocenters. The van der Waals surface area contributed by atoms with Crippen LogP contribution >= 0.6 is 11.3 Å². The largest absolute Gasteiger partial charge is 0.406 e. The van der Waals surface area contributed by atoms with Crippen molar-refractivity contribution < 1.29 is 17.9 Å². The average Bonchev–Trinajstić information content (AvgIpc) is 2.88. The predicted molar refractivity (Wildman–Crippen MR) is 93.8 cm³/mol. The highest BCUT2D eigenvalue weighted by Gasteiger charge is 2.31. The number of thiophene rings is 1. The van der Waals surface area contributed by atoms with Crippen LogP contribution in [0.4, 0.5) is 13.2 Å². The normalized spacial score (nSPS) is 12.2. The third kappa shape index (κ3) is 4.34. The number of halogens is 3. The second kappa shape index (κ2) is 8.33. The molecule has 0 spiro atoms. The van der Waals surface area contributed by atoms with Crippen LogP contribution in [0, 0.1) is 6.92 Å². The van der Waals surface area contributed by atoms with Gasteiger partial charge in [-0.2, -0.15) is 13.2 Å². The number of ether oxygens (including phenoxy) is 1. The lowest BCUT2D eigenvalue weighted by molar-refractivity contribution is -0.141. The molecule has 0 saturated carbocycles. The van der Waals surface area contributed by atoms with Gasteiger partial charge in [0.1, 0.15) is 11.4 Å². The molecule has 0 aliphatic carbocycles. The SMILES string of the molecule is COCCn1c(=O)n(CC(F)(F)F)c(=O)c2c(C)c(CNCCN)sc21. The van der Waals surface area contributed by atoms with E-state index < -0.39 is 24.0 Å². The molecule has 0 fully saturated rings. The Morgan fingerprint density at radius 3 is 2.54 bits per heavy atom. The Morgan fingerprint density at radius 2 is 1.96 bits per heavy atom. The lowest BCUT2D eigenvalue weighted by atomic mass is 10.2. The molecular weight excluding hydrogens is 373 g/mol. The first kappa shape index (κ1) is 20.6. The summed E-state index contributed by atoms with van der Waals surface area (Å²) >= 11 is 1.22. The van der Waals surface area contributed by atoms with Crippen LogP contribution in [0.25, 0.3) is 10.2 Å². The quantitative estimate of drug-likeness (QED) is 0.646. The van der Waals surface area contributed by atoms with Gasteiger partial charge in [-0.1, -0.05) is 0 Å². The lowest BCUT2D eigenvalue weighted by Crippen LogP contribution is -2.43. The van der Waals surface area contributed by atoms with Crippen molar-refractivity contribution in [2.75, 3.05) is 26.8 Å². The zero-order valence-corrected chi connectivity index (χ0v) is 15.3. The van der Waals surface area contributed by atoms with E-state index in [4.69, 9.17) is 10.5 Å². The van der Waals surface area contributed by atoms with E-state index in [1.165, 1.54) is 23.0 Å². The Labute approximate surface area is 151 Å². The summed E-state index contributed by atoms with van der Waals surface area (Å²) in [5.74, 6) is 0. The number of rotatable bonds is 8. The van der Waals surface area contributed by atoms with Crippen LogP contribution in [0.5, 0.6) is 0 Å². The third-order valence-corrected chi connectivity index (χ3v) is 5.17. The maximum absolute atomic E-state index is 12.8. The van der Waals surface area contributed by atoms with Crippen LogP contribution in [-0.4, -0.2) is 42.1 Å². The molecule has 0 bridgehead atoms. The van der Waals surface area contributed by atoms with Crippen molar-refractivity contribution in [3.63, 3.8) is 0 Å². The number of nitrogens with two attached hydrogens (primary N) is 1. The van der Waals surface area contributed by atoms with Gasteiger partial charge in [0.2, 0.25) is 0 Å². The van der Waals surface area contributed by atoms with Crippen molar-refractivity contribution in [1.29, 1.82) is 0 Å². The third-order valence-electron chi connectivity index (χ3n) is 3.86. The fraction of sp³-hybridized carbons (Fsp3) is 0.600. The molecule has 0 saturated heterocycles. The highest BCUT2D eigenvalue weighted by atomic mass is 32.1. The fourth-order valence-electron chi connectivity index (χ4n) is 2.61. The number of aromatic nitrogens is 2. The van der Waals surface area contributed by atoms with Crippen LogP contribution in [0.2, 0.25) is 0 Å². The molecule has 2 aromatic heterocycles. The summed E-state index contributed by atoms with van der Waals surface area (Å²) in [7, 11) is 1.43. The Bertz CT molecular complexity index is 885. The summed E-state index contributed by atoms with van der Waals surface area (Å²) in [5, 5.41) is 3.23. The zero-order chi connectivity index (χ0) is 19.5. The van der Waals surface area contributed by atoms with Gasteiger partial charge in [0.15, 0.2) is 0 Å². The van der Waals surface area contributed by atoms with Crippen LogP contribution < -0.4 is 22.3 Å². The van der Waals surface area contributed by atoms with Gasteiger partial charge in [0.25, 0.3) is 5.56 Å². The van der Waals surface area contributed by atoms with Crippen molar-refractivity contribution in [1.82, 2.24) is 14.5 Å².